The normalized spacial score (nSPS) is 13.0. The third-order valence-corrected chi connectivity index (χ3v) is 2.54. The van der Waals surface area contributed by atoms with Crippen molar-refractivity contribution in [3.8, 4) is 0 Å². The molecule has 0 aromatic carbocycles. The molecular weight excluding hydrogens is 206 g/mol. The Kier molecular flexibility index (Phi) is 2.74. The molecule has 0 aliphatic carbocycles. The first-order valence-corrected chi connectivity index (χ1v) is 5.20. The van der Waals surface area contributed by atoms with E-state index in [1.54, 1.807) is 22.6 Å². The van der Waals surface area contributed by atoms with Crippen LogP contribution in [0.1, 0.15) is 30.1 Å². The van der Waals surface area contributed by atoms with Gasteiger partial charge in [0.25, 0.3) is 0 Å². The SMILES string of the molecule is CCn1nc(C)cc1C(O)c1cnnn1C. The van der Waals surface area contributed by atoms with Crippen LogP contribution in [0.5, 0.6) is 0 Å². The van der Waals surface area contributed by atoms with Gasteiger partial charge in [-0.25, -0.2) is 4.68 Å². The summed E-state index contributed by atoms with van der Waals surface area (Å²) >= 11 is 0. The minimum Gasteiger partial charge on any atom is -0.380 e. The lowest BCUT2D eigenvalue weighted by molar-refractivity contribution is 0.198. The smallest absolute Gasteiger partial charge is 0.139 e. The van der Waals surface area contributed by atoms with E-state index < -0.39 is 6.10 Å². The van der Waals surface area contributed by atoms with Gasteiger partial charge in [0.15, 0.2) is 0 Å². The molecule has 6 heteroatoms. The maximum Gasteiger partial charge on any atom is 0.139 e. The van der Waals surface area contributed by atoms with Gasteiger partial charge in [0, 0.05) is 13.6 Å². The predicted octanol–water partition coefficient (Wildman–Crippen LogP) is 0.422. The van der Waals surface area contributed by atoms with Crippen LogP contribution < -0.4 is 0 Å². The molecule has 0 bridgehead atoms. The number of aryl methyl sites for hydroxylation is 3. The summed E-state index contributed by atoms with van der Waals surface area (Å²) < 4.78 is 3.35. The second kappa shape index (κ2) is 4.05. The van der Waals surface area contributed by atoms with Gasteiger partial charge in [-0.05, 0) is 19.9 Å². The highest BCUT2D eigenvalue weighted by atomic mass is 16.3. The summed E-state index contributed by atoms with van der Waals surface area (Å²) in [6, 6.07) is 1.88. The number of hydrogen-bond donors (Lipinski definition) is 1. The summed E-state index contributed by atoms with van der Waals surface area (Å²) in [5.41, 5.74) is 2.33. The zero-order valence-corrected chi connectivity index (χ0v) is 9.62. The van der Waals surface area contributed by atoms with Crippen molar-refractivity contribution in [3.05, 3.63) is 29.3 Å². The second-order valence-electron chi connectivity index (χ2n) is 3.71. The van der Waals surface area contributed by atoms with Crippen LogP contribution in [0, 0.1) is 6.92 Å². The third-order valence-electron chi connectivity index (χ3n) is 2.54. The van der Waals surface area contributed by atoms with Crippen LogP contribution in [0.2, 0.25) is 0 Å². The molecule has 0 saturated carbocycles. The van der Waals surface area contributed by atoms with E-state index in [2.05, 4.69) is 15.4 Å². The molecule has 0 radical (unpaired) electrons. The van der Waals surface area contributed by atoms with Crippen LogP contribution in [0.15, 0.2) is 12.3 Å². The van der Waals surface area contributed by atoms with E-state index in [4.69, 9.17) is 0 Å². The molecule has 1 atom stereocenters. The van der Waals surface area contributed by atoms with Gasteiger partial charge < -0.3 is 5.11 Å². The van der Waals surface area contributed by atoms with E-state index in [0.29, 0.717) is 5.69 Å². The second-order valence-corrected chi connectivity index (χ2v) is 3.71. The molecule has 2 aromatic rings. The number of aliphatic hydroxyl groups excluding tert-OH is 1. The molecule has 6 nitrogen and oxygen atoms in total. The first kappa shape index (κ1) is 10.8. The molecule has 1 N–H and O–H groups in total. The van der Waals surface area contributed by atoms with Crippen molar-refractivity contribution in [3.63, 3.8) is 0 Å². The fourth-order valence-electron chi connectivity index (χ4n) is 1.74. The molecule has 0 aliphatic heterocycles. The minimum atomic E-state index is -0.735. The summed E-state index contributed by atoms with van der Waals surface area (Å²) in [4.78, 5) is 0. The average molecular weight is 221 g/mol. The predicted molar refractivity (Wildman–Crippen MR) is 57.7 cm³/mol. The van der Waals surface area contributed by atoms with Crippen molar-refractivity contribution in [2.45, 2.75) is 26.5 Å². The lowest BCUT2D eigenvalue weighted by atomic mass is 10.2. The molecule has 0 aliphatic rings. The average Bonchev–Trinajstić information content (AvgIpc) is 2.83. The fourth-order valence-corrected chi connectivity index (χ4v) is 1.74. The molecule has 0 amide bonds. The number of nitrogens with zero attached hydrogens (tertiary/aromatic N) is 5. The van der Waals surface area contributed by atoms with E-state index in [0.717, 1.165) is 17.9 Å². The topological polar surface area (TPSA) is 68.8 Å². The molecule has 2 aromatic heterocycles. The standard InChI is InChI=1S/C10H15N5O/c1-4-15-8(5-7(2)12-15)10(16)9-6-11-13-14(9)3/h5-6,10,16H,4H2,1-3H3. The number of hydrogen-bond acceptors (Lipinski definition) is 4. The highest BCUT2D eigenvalue weighted by Crippen LogP contribution is 2.21. The summed E-state index contributed by atoms with van der Waals surface area (Å²) in [6.45, 7) is 4.62. The van der Waals surface area contributed by atoms with Crippen molar-refractivity contribution in [2.24, 2.45) is 7.05 Å². The van der Waals surface area contributed by atoms with Crippen molar-refractivity contribution < 1.29 is 5.11 Å². The Morgan fingerprint density at radius 3 is 2.75 bits per heavy atom. The molecular formula is C10H15N5O. The van der Waals surface area contributed by atoms with Crippen molar-refractivity contribution >= 4 is 0 Å². The van der Waals surface area contributed by atoms with E-state index in [9.17, 15) is 5.11 Å². The van der Waals surface area contributed by atoms with Gasteiger partial charge in [0.1, 0.15) is 6.10 Å². The van der Waals surface area contributed by atoms with E-state index >= 15 is 0 Å². The van der Waals surface area contributed by atoms with Crippen LogP contribution in [0.3, 0.4) is 0 Å². The van der Waals surface area contributed by atoms with Gasteiger partial charge in [-0.1, -0.05) is 5.21 Å². The van der Waals surface area contributed by atoms with Crippen LogP contribution >= 0.6 is 0 Å². The molecule has 16 heavy (non-hydrogen) atoms. The molecule has 2 heterocycles. The Balaban J connectivity index is 2.40. The Morgan fingerprint density at radius 1 is 1.44 bits per heavy atom. The minimum absolute atomic E-state index is 0.662. The number of aliphatic hydroxyl groups is 1. The highest BCUT2D eigenvalue weighted by molar-refractivity contribution is 5.19. The van der Waals surface area contributed by atoms with Gasteiger partial charge in [0.2, 0.25) is 0 Å². The monoisotopic (exact) mass is 221 g/mol. The van der Waals surface area contributed by atoms with Gasteiger partial charge in [-0.2, -0.15) is 5.10 Å². The van der Waals surface area contributed by atoms with Crippen LogP contribution in [0.4, 0.5) is 0 Å². The highest BCUT2D eigenvalue weighted by Gasteiger charge is 2.19. The maximum atomic E-state index is 10.2. The Morgan fingerprint density at radius 2 is 2.19 bits per heavy atom. The summed E-state index contributed by atoms with van der Waals surface area (Å²) in [5.74, 6) is 0. The van der Waals surface area contributed by atoms with Crippen molar-refractivity contribution in [1.82, 2.24) is 24.8 Å². The van der Waals surface area contributed by atoms with Crippen molar-refractivity contribution in [1.29, 1.82) is 0 Å². The first-order chi connectivity index (χ1) is 7.63. The molecule has 0 saturated heterocycles. The van der Waals surface area contributed by atoms with Crippen LogP contribution in [0.25, 0.3) is 0 Å². The van der Waals surface area contributed by atoms with Crippen LogP contribution in [-0.4, -0.2) is 29.9 Å². The Bertz CT molecular complexity index is 487. The lowest BCUT2D eigenvalue weighted by Crippen LogP contribution is -2.12. The van der Waals surface area contributed by atoms with E-state index in [1.165, 1.54) is 0 Å². The van der Waals surface area contributed by atoms with Crippen molar-refractivity contribution in [2.75, 3.05) is 0 Å². The van der Waals surface area contributed by atoms with E-state index in [-0.39, 0.29) is 0 Å². The molecule has 0 spiro atoms. The van der Waals surface area contributed by atoms with Gasteiger partial charge in [0.05, 0.1) is 23.3 Å². The first-order valence-electron chi connectivity index (χ1n) is 5.20. The zero-order valence-electron chi connectivity index (χ0n) is 9.62. The van der Waals surface area contributed by atoms with Gasteiger partial charge >= 0.3 is 0 Å². The van der Waals surface area contributed by atoms with Gasteiger partial charge in [-0.15, -0.1) is 5.10 Å². The fraction of sp³-hybridized carbons (Fsp3) is 0.500. The molecule has 0 fully saturated rings. The summed E-state index contributed by atoms with van der Waals surface area (Å²) in [7, 11) is 1.76. The quantitative estimate of drug-likeness (QED) is 0.815. The number of aromatic nitrogens is 5. The maximum absolute atomic E-state index is 10.2. The largest absolute Gasteiger partial charge is 0.380 e. The Labute approximate surface area is 93.5 Å². The number of rotatable bonds is 3. The molecule has 86 valence electrons. The lowest BCUT2D eigenvalue weighted by Gasteiger charge is -2.11. The van der Waals surface area contributed by atoms with Gasteiger partial charge in [-0.3, -0.25) is 4.68 Å². The van der Waals surface area contributed by atoms with E-state index in [1.807, 2.05) is 19.9 Å². The molecule has 2 rings (SSSR count). The summed E-state index contributed by atoms with van der Waals surface area (Å²) in [6.07, 6.45) is 0.827. The third kappa shape index (κ3) is 1.71. The molecule has 1 unspecified atom stereocenters. The Hall–Kier alpha value is -1.69. The summed E-state index contributed by atoms with van der Waals surface area (Å²) in [5, 5.41) is 22.1. The zero-order chi connectivity index (χ0) is 11.7. The van der Waals surface area contributed by atoms with Crippen LogP contribution in [-0.2, 0) is 13.6 Å².